The van der Waals surface area contributed by atoms with Gasteiger partial charge in [0.25, 0.3) is 0 Å². The van der Waals surface area contributed by atoms with Gasteiger partial charge in [-0.25, -0.2) is 9.97 Å². The number of imidazole rings is 1. The van der Waals surface area contributed by atoms with E-state index >= 15 is 0 Å². The molecule has 0 aliphatic heterocycles. The molecular weight excluding hydrogens is 348 g/mol. The Labute approximate surface area is 146 Å². The molecule has 25 heavy (non-hydrogen) atoms. The van der Waals surface area contributed by atoms with Crippen LogP contribution in [0, 0.1) is 10.1 Å². The summed E-state index contributed by atoms with van der Waals surface area (Å²) in [4.78, 5) is 22.9. The average Bonchev–Trinajstić information content (AvgIpc) is 3.36. The van der Waals surface area contributed by atoms with Crippen molar-refractivity contribution in [2.24, 2.45) is 0 Å². The molecule has 0 radical (unpaired) electrons. The summed E-state index contributed by atoms with van der Waals surface area (Å²) in [5.74, 6) is 1.69. The van der Waals surface area contributed by atoms with Gasteiger partial charge >= 0.3 is 5.82 Å². The molecule has 0 amide bonds. The van der Waals surface area contributed by atoms with Gasteiger partial charge in [-0.2, -0.15) is 0 Å². The standard InChI is InChI=1S/C15H13ClN6O3/c1-17-13-12(16)10(5-19-15(13)22(23)24)25-9-4-18-11-6-20-14(8-2-3-8)21(11)7-9/h4-8,17H,2-3H2,1H3. The van der Waals surface area contributed by atoms with E-state index in [1.165, 1.54) is 13.2 Å². The summed E-state index contributed by atoms with van der Waals surface area (Å²) in [6.45, 7) is 0. The molecule has 1 aliphatic rings. The number of anilines is 1. The summed E-state index contributed by atoms with van der Waals surface area (Å²) in [5.41, 5.74) is 0.831. The van der Waals surface area contributed by atoms with Gasteiger partial charge in [0.15, 0.2) is 29.0 Å². The molecule has 3 aromatic heterocycles. The summed E-state index contributed by atoms with van der Waals surface area (Å²) in [5, 5.41) is 13.8. The van der Waals surface area contributed by atoms with Gasteiger partial charge in [0.1, 0.15) is 10.8 Å². The molecule has 1 aliphatic carbocycles. The molecular formula is C15H13ClN6O3. The first-order chi connectivity index (χ1) is 12.1. The predicted octanol–water partition coefficient (Wildman–Crippen LogP) is 3.40. The lowest BCUT2D eigenvalue weighted by molar-refractivity contribution is -0.388. The fourth-order valence-corrected chi connectivity index (χ4v) is 2.87. The number of hydrogen-bond acceptors (Lipinski definition) is 7. The fourth-order valence-electron chi connectivity index (χ4n) is 2.60. The van der Waals surface area contributed by atoms with E-state index in [1.807, 2.05) is 4.40 Å². The monoisotopic (exact) mass is 360 g/mol. The first-order valence-corrected chi connectivity index (χ1v) is 7.97. The molecule has 128 valence electrons. The Morgan fingerprint density at radius 3 is 2.80 bits per heavy atom. The van der Waals surface area contributed by atoms with Crippen molar-refractivity contribution in [1.29, 1.82) is 0 Å². The van der Waals surface area contributed by atoms with Crippen LogP contribution < -0.4 is 10.1 Å². The van der Waals surface area contributed by atoms with Gasteiger partial charge in [0.2, 0.25) is 0 Å². The van der Waals surface area contributed by atoms with Gasteiger partial charge in [-0.15, -0.1) is 0 Å². The Kier molecular flexibility index (Phi) is 3.65. The zero-order valence-electron chi connectivity index (χ0n) is 13.1. The lowest BCUT2D eigenvalue weighted by Gasteiger charge is -2.10. The minimum atomic E-state index is -0.609. The van der Waals surface area contributed by atoms with Crippen LogP contribution in [0.5, 0.6) is 11.5 Å². The first-order valence-electron chi connectivity index (χ1n) is 7.60. The number of nitrogens with zero attached hydrogens (tertiary/aromatic N) is 5. The minimum absolute atomic E-state index is 0.0809. The predicted molar refractivity (Wildman–Crippen MR) is 90.5 cm³/mol. The molecule has 0 bridgehead atoms. The molecule has 3 aromatic rings. The van der Waals surface area contributed by atoms with E-state index < -0.39 is 4.92 Å². The molecule has 0 aromatic carbocycles. The third kappa shape index (κ3) is 2.72. The highest BCUT2D eigenvalue weighted by Crippen LogP contribution is 2.41. The molecule has 10 heteroatoms. The summed E-state index contributed by atoms with van der Waals surface area (Å²) in [6, 6.07) is 0. The summed E-state index contributed by atoms with van der Waals surface area (Å²) in [7, 11) is 1.53. The zero-order chi connectivity index (χ0) is 17.6. The van der Waals surface area contributed by atoms with E-state index in [2.05, 4.69) is 20.3 Å². The maximum absolute atomic E-state index is 11.0. The second-order valence-corrected chi connectivity index (χ2v) is 6.03. The van der Waals surface area contributed by atoms with Gasteiger partial charge < -0.3 is 20.2 Å². The lowest BCUT2D eigenvalue weighted by Crippen LogP contribution is -2.02. The topological polar surface area (TPSA) is 107 Å². The number of nitro groups is 1. The molecule has 0 unspecified atom stereocenters. The third-order valence-corrected chi connectivity index (χ3v) is 4.32. The van der Waals surface area contributed by atoms with Crippen molar-refractivity contribution in [3.63, 3.8) is 0 Å². The fraction of sp³-hybridized carbons (Fsp3) is 0.267. The molecule has 1 saturated carbocycles. The molecule has 0 spiro atoms. The van der Waals surface area contributed by atoms with Gasteiger partial charge in [-0.1, -0.05) is 11.6 Å². The van der Waals surface area contributed by atoms with Crippen molar-refractivity contribution in [2.45, 2.75) is 18.8 Å². The summed E-state index contributed by atoms with van der Waals surface area (Å²) < 4.78 is 7.64. The second-order valence-electron chi connectivity index (χ2n) is 5.65. The van der Waals surface area contributed by atoms with Crippen molar-refractivity contribution in [1.82, 2.24) is 19.4 Å². The third-order valence-electron chi connectivity index (χ3n) is 3.94. The zero-order valence-corrected chi connectivity index (χ0v) is 13.9. The maximum atomic E-state index is 11.0. The van der Waals surface area contributed by atoms with Gasteiger partial charge in [-0.05, 0) is 22.7 Å². The number of rotatable bonds is 5. The van der Waals surface area contributed by atoms with E-state index in [0.717, 1.165) is 24.3 Å². The largest absolute Gasteiger partial charge is 0.449 e. The number of halogens is 1. The van der Waals surface area contributed by atoms with Gasteiger partial charge in [0.05, 0.1) is 18.6 Å². The molecule has 0 saturated heterocycles. The molecule has 9 nitrogen and oxygen atoms in total. The van der Waals surface area contributed by atoms with E-state index in [0.29, 0.717) is 11.7 Å². The van der Waals surface area contributed by atoms with E-state index in [9.17, 15) is 10.1 Å². The Morgan fingerprint density at radius 2 is 2.12 bits per heavy atom. The van der Waals surface area contributed by atoms with Crippen LogP contribution in [0.25, 0.3) is 5.65 Å². The smallest absolute Gasteiger partial charge is 0.388 e. The van der Waals surface area contributed by atoms with E-state index in [4.69, 9.17) is 16.3 Å². The SMILES string of the molecule is CNc1c([N+](=O)[O-])ncc(Oc2cnc3cnc(C4CC4)n3c2)c1Cl. The molecule has 4 rings (SSSR count). The minimum Gasteiger partial charge on any atom is -0.449 e. The van der Waals surface area contributed by atoms with Crippen LogP contribution in [-0.4, -0.2) is 31.3 Å². The maximum Gasteiger partial charge on any atom is 0.388 e. The van der Waals surface area contributed by atoms with Crippen LogP contribution in [0.15, 0.2) is 24.8 Å². The summed E-state index contributed by atoms with van der Waals surface area (Å²) in [6.07, 6.45) is 8.50. The van der Waals surface area contributed by atoms with Crippen LogP contribution in [0.2, 0.25) is 5.02 Å². The number of nitrogens with one attached hydrogen (secondary N) is 1. The van der Waals surface area contributed by atoms with Crippen LogP contribution in [0.1, 0.15) is 24.6 Å². The molecule has 1 fully saturated rings. The Hall–Kier alpha value is -2.94. The molecule has 1 N–H and O–H groups in total. The number of ether oxygens (including phenoxy) is 1. The lowest BCUT2D eigenvalue weighted by atomic mass is 10.3. The van der Waals surface area contributed by atoms with Crippen LogP contribution in [-0.2, 0) is 0 Å². The Balaban J connectivity index is 1.71. The van der Waals surface area contributed by atoms with Crippen LogP contribution in [0.3, 0.4) is 0 Å². The average molecular weight is 361 g/mol. The molecule has 0 atom stereocenters. The van der Waals surface area contributed by atoms with Gasteiger partial charge in [0, 0.05) is 13.0 Å². The number of fused-ring (bicyclic) bond motifs is 1. The Bertz CT molecular complexity index is 985. The van der Waals surface area contributed by atoms with Crippen molar-refractivity contribution < 1.29 is 9.66 Å². The number of hydrogen-bond donors (Lipinski definition) is 1. The van der Waals surface area contributed by atoms with E-state index in [-0.39, 0.29) is 22.3 Å². The highest BCUT2D eigenvalue weighted by Gasteiger charge is 2.28. The first kappa shape index (κ1) is 15.6. The highest BCUT2D eigenvalue weighted by molar-refractivity contribution is 6.35. The van der Waals surface area contributed by atoms with Crippen molar-refractivity contribution in [3.05, 3.63) is 45.7 Å². The van der Waals surface area contributed by atoms with Crippen molar-refractivity contribution >= 4 is 28.8 Å². The van der Waals surface area contributed by atoms with Gasteiger partial charge in [-0.3, -0.25) is 4.40 Å². The number of aromatic nitrogens is 4. The number of pyridine rings is 1. The van der Waals surface area contributed by atoms with Crippen molar-refractivity contribution in [2.75, 3.05) is 12.4 Å². The quantitative estimate of drug-likeness (QED) is 0.548. The highest BCUT2D eigenvalue weighted by atomic mass is 35.5. The van der Waals surface area contributed by atoms with E-state index in [1.54, 1.807) is 18.6 Å². The summed E-state index contributed by atoms with van der Waals surface area (Å²) >= 11 is 6.23. The normalized spacial score (nSPS) is 13.8. The Morgan fingerprint density at radius 1 is 1.32 bits per heavy atom. The van der Waals surface area contributed by atoms with Crippen molar-refractivity contribution in [3.8, 4) is 11.5 Å². The second kappa shape index (κ2) is 5.85. The van der Waals surface area contributed by atoms with Crippen LogP contribution in [0.4, 0.5) is 11.5 Å². The van der Waals surface area contributed by atoms with Crippen LogP contribution >= 0.6 is 11.6 Å². The molecule has 3 heterocycles.